The summed E-state index contributed by atoms with van der Waals surface area (Å²) in [6.07, 6.45) is 7.05. The summed E-state index contributed by atoms with van der Waals surface area (Å²) in [5, 5.41) is 0. The lowest BCUT2D eigenvalue weighted by Crippen LogP contribution is -2.17. The number of nitrogens with zero attached hydrogens (tertiary/aromatic N) is 1. The second-order valence-corrected chi connectivity index (χ2v) is 3.95. The molecule has 0 spiro atoms. The minimum atomic E-state index is 0.310. The Kier molecular flexibility index (Phi) is 1.60. The van der Waals surface area contributed by atoms with Crippen molar-refractivity contribution in [3.63, 3.8) is 0 Å². The van der Waals surface area contributed by atoms with Crippen LogP contribution in [0.5, 0.6) is 0 Å². The Morgan fingerprint density at radius 1 is 1.50 bits per heavy atom. The summed E-state index contributed by atoms with van der Waals surface area (Å²) >= 11 is 0. The predicted molar refractivity (Wildman–Crippen MR) is 48.8 cm³/mol. The Hall–Kier alpha value is -0.990. The topological polar surface area (TPSA) is 54.7 Å². The smallest absolute Gasteiger partial charge is 0.197 e. The van der Waals surface area contributed by atoms with Crippen LogP contribution in [-0.4, -0.2) is 9.97 Å². The zero-order valence-corrected chi connectivity index (χ0v) is 7.43. The fraction of sp³-hybridized carbons (Fsp3) is 0.667. The zero-order valence-electron chi connectivity index (χ0n) is 7.43. The van der Waals surface area contributed by atoms with E-state index in [0.717, 1.165) is 0 Å². The number of aromatic amines is 1. The quantitative estimate of drug-likeness (QED) is 0.667. The number of nitrogen functional groups attached to an aromatic ring is 1. The van der Waals surface area contributed by atoms with Gasteiger partial charge in [-0.3, -0.25) is 0 Å². The molecular formula is C9H15N3. The first-order chi connectivity index (χ1) is 5.71. The molecule has 3 nitrogen and oxygen atoms in total. The summed E-state index contributed by atoms with van der Waals surface area (Å²) in [6.45, 7) is 2.28. The lowest BCUT2D eigenvalue weighted by Gasteiger charge is -2.20. The molecular weight excluding hydrogens is 150 g/mol. The molecule has 1 fully saturated rings. The van der Waals surface area contributed by atoms with Gasteiger partial charge in [0.05, 0.1) is 6.20 Å². The highest BCUT2D eigenvalue weighted by Crippen LogP contribution is 2.39. The van der Waals surface area contributed by atoms with Crippen molar-refractivity contribution in [3.8, 4) is 0 Å². The van der Waals surface area contributed by atoms with Crippen molar-refractivity contribution in [1.29, 1.82) is 0 Å². The van der Waals surface area contributed by atoms with Crippen molar-refractivity contribution in [3.05, 3.63) is 11.9 Å². The molecule has 0 aliphatic heterocycles. The van der Waals surface area contributed by atoms with Crippen molar-refractivity contribution in [2.75, 3.05) is 5.73 Å². The SMILES string of the molecule is CC1(c2cnc(N)[nH]2)CCCC1. The van der Waals surface area contributed by atoms with Crippen molar-refractivity contribution < 1.29 is 0 Å². The van der Waals surface area contributed by atoms with Gasteiger partial charge in [-0.2, -0.15) is 0 Å². The Labute approximate surface area is 72.4 Å². The number of imidazole rings is 1. The highest BCUT2D eigenvalue weighted by Gasteiger charge is 2.31. The van der Waals surface area contributed by atoms with Crippen LogP contribution in [0.15, 0.2) is 6.20 Å². The van der Waals surface area contributed by atoms with Gasteiger partial charge in [0, 0.05) is 11.1 Å². The number of H-pyrrole nitrogens is 1. The van der Waals surface area contributed by atoms with Gasteiger partial charge < -0.3 is 10.7 Å². The number of nitrogens with one attached hydrogen (secondary N) is 1. The Morgan fingerprint density at radius 3 is 2.67 bits per heavy atom. The summed E-state index contributed by atoms with van der Waals surface area (Å²) in [7, 11) is 0. The van der Waals surface area contributed by atoms with E-state index >= 15 is 0 Å². The molecule has 1 aromatic rings. The molecule has 66 valence electrons. The van der Waals surface area contributed by atoms with E-state index in [2.05, 4.69) is 16.9 Å². The first-order valence-electron chi connectivity index (χ1n) is 4.52. The number of anilines is 1. The Bertz CT molecular complexity index is 271. The van der Waals surface area contributed by atoms with Gasteiger partial charge in [0.25, 0.3) is 0 Å². The van der Waals surface area contributed by atoms with Crippen LogP contribution in [-0.2, 0) is 5.41 Å². The largest absolute Gasteiger partial charge is 0.369 e. The van der Waals surface area contributed by atoms with E-state index < -0.39 is 0 Å². The number of rotatable bonds is 1. The maximum absolute atomic E-state index is 5.54. The third kappa shape index (κ3) is 1.09. The summed E-state index contributed by atoms with van der Waals surface area (Å²) in [4.78, 5) is 7.15. The van der Waals surface area contributed by atoms with Gasteiger partial charge in [-0.25, -0.2) is 4.98 Å². The van der Waals surface area contributed by atoms with E-state index in [0.29, 0.717) is 11.4 Å². The van der Waals surface area contributed by atoms with Gasteiger partial charge in [-0.05, 0) is 12.8 Å². The molecule has 2 rings (SSSR count). The Morgan fingerprint density at radius 2 is 2.17 bits per heavy atom. The first kappa shape index (κ1) is 7.65. The first-order valence-corrected chi connectivity index (χ1v) is 4.52. The summed E-state index contributed by atoms with van der Waals surface area (Å²) in [5.41, 5.74) is 7.05. The number of hydrogen-bond donors (Lipinski definition) is 2. The van der Waals surface area contributed by atoms with Crippen LogP contribution in [0.25, 0.3) is 0 Å². The third-order valence-corrected chi connectivity index (χ3v) is 2.95. The molecule has 1 saturated carbocycles. The number of hydrogen-bond acceptors (Lipinski definition) is 2. The summed E-state index contributed by atoms with van der Waals surface area (Å²) in [5.74, 6) is 0.540. The maximum Gasteiger partial charge on any atom is 0.197 e. The van der Waals surface area contributed by atoms with E-state index in [-0.39, 0.29) is 0 Å². The monoisotopic (exact) mass is 165 g/mol. The molecule has 0 atom stereocenters. The van der Waals surface area contributed by atoms with Crippen LogP contribution < -0.4 is 5.73 Å². The van der Waals surface area contributed by atoms with E-state index in [1.807, 2.05) is 6.20 Å². The lowest BCUT2D eigenvalue weighted by molar-refractivity contribution is 0.478. The molecule has 3 N–H and O–H groups in total. The number of aromatic nitrogens is 2. The van der Waals surface area contributed by atoms with E-state index in [9.17, 15) is 0 Å². The van der Waals surface area contributed by atoms with E-state index in [1.165, 1.54) is 31.4 Å². The Balaban J connectivity index is 2.28. The minimum Gasteiger partial charge on any atom is -0.369 e. The molecule has 0 amide bonds. The van der Waals surface area contributed by atoms with Crippen LogP contribution in [0.4, 0.5) is 5.95 Å². The average molecular weight is 165 g/mol. The molecule has 1 aromatic heterocycles. The fourth-order valence-corrected chi connectivity index (χ4v) is 2.07. The zero-order chi connectivity index (χ0) is 8.60. The lowest BCUT2D eigenvalue weighted by atomic mass is 9.86. The van der Waals surface area contributed by atoms with Crippen LogP contribution in [0.3, 0.4) is 0 Å². The minimum absolute atomic E-state index is 0.310. The van der Waals surface area contributed by atoms with Gasteiger partial charge in [-0.1, -0.05) is 19.8 Å². The standard InChI is InChI=1S/C9H15N3/c1-9(4-2-3-5-9)7-6-11-8(10)12-7/h6H,2-5H2,1H3,(H3,10,11,12). The maximum atomic E-state index is 5.54. The molecule has 1 heterocycles. The highest BCUT2D eigenvalue weighted by atomic mass is 15.0. The molecule has 1 aliphatic carbocycles. The predicted octanol–water partition coefficient (Wildman–Crippen LogP) is 1.82. The molecule has 0 unspecified atom stereocenters. The van der Waals surface area contributed by atoms with Crippen molar-refractivity contribution in [1.82, 2.24) is 9.97 Å². The van der Waals surface area contributed by atoms with Gasteiger partial charge in [0.15, 0.2) is 5.95 Å². The molecule has 0 saturated heterocycles. The molecule has 3 heteroatoms. The average Bonchev–Trinajstić information content (AvgIpc) is 2.59. The van der Waals surface area contributed by atoms with E-state index in [4.69, 9.17) is 5.73 Å². The van der Waals surface area contributed by atoms with Gasteiger partial charge >= 0.3 is 0 Å². The molecule has 0 bridgehead atoms. The van der Waals surface area contributed by atoms with Crippen LogP contribution in [0, 0.1) is 0 Å². The molecule has 12 heavy (non-hydrogen) atoms. The van der Waals surface area contributed by atoms with Crippen LogP contribution >= 0.6 is 0 Å². The fourth-order valence-electron chi connectivity index (χ4n) is 2.07. The van der Waals surface area contributed by atoms with Crippen LogP contribution in [0.2, 0.25) is 0 Å². The highest BCUT2D eigenvalue weighted by molar-refractivity contribution is 5.24. The second kappa shape index (κ2) is 2.51. The number of nitrogens with two attached hydrogens (primary N) is 1. The van der Waals surface area contributed by atoms with Crippen molar-refractivity contribution in [2.24, 2.45) is 0 Å². The van der Waals surface area contributed by atoms with Crippen molar-refractivity contribution in [2.45, 2.75) is 38.0 Å². The van der Waals surface area contributed by atoms with Crippen molar-refractivity contribution >= 4 is 5.95 Å². The second-order valence-electron chi connectivity index (χ2n) is 3.95. The van der Waals surface area contributed by atoms with E-state index in [1.54, 1.807) is 0 Å². The third-order valence-electron chi connectivity index (χ3n) is 2.95. The summed E-state index contributed by atoms with van der Waals surface area (Å²) < 4.78 is 0. The van der Waals surface area contributed by atoms with Gasteiger partial charge in [-0.15, -0.1) is 0 Å². The van der Waals surface area contributed by atoms with Crippen LogP contribution in [0.1, 0.15) is 38.3 Å². The molecule has 0 aromatic carbocycles. The normalized spacial score (nSPS) is 21.4. The summed E-state index contributed by atoms with van der Waals surface area (Å²) in [6, 6.07) is 0. The molecule has 1 aliphatic rings. The van der Waals surface area contributed by atoms with Gasteiger partial charge in [0.2, 0.25) is 0 Å². The van der Waals surface area contributed by atoms with Gasteiger partial charge in [0.1, 0.15) is 0 Å². The molecule has 0 radical (unpaired) electrons.